The summed E-state index contributed by atoms with van der Waals surface area (Å²) in [5.74, 6) is -1.95. The molecule has 2 N–H and O–H groups in total. The Morgan fingerprint density at radius 1 is 1.05 bits per heavy atom. The van der Waals surface area contributed by atoms with Crippen molar-refractivity contribution in [3.8, 4) is 28.5 Å². The first kappa shape index (κ1) is 26.0. The number of benzene rings is 2. The minimum Gasteiger partial charge on any atom is -0.437 e. The molecule has 5 rings (SSSR count). The average molecular weight is 529 g/mol. The second-order valence-electron chi connectivity index (χ2n) is 9.63. The van der Waals surface area contributed by atoms with E-state index in [-0.39, 0.29) is 22.6 Å². The lowest BCUT2D eigenvalue weighted by Crippen LogP contribution is -2.45. The van der Waals surface area contributed by atoms with Crippen LogP contribution in [0, 0.1) is 23.0 Å². The Labute approximate surface area is 223 Å². The van der Waals surface area contributed by atoms with Gasteiger partial charge in [0.25, 0.3) is 11.8 Å². The molecule has 1 aliphatic carbocycles. The van der Waals surface area contributed by atoms with Crippen molar-refractivity contribution in [1.29, 1.82) is 5.26 Å². The number of aromatic nitrogens is 1. The number of carbonyl (C=O) groups excluding carboxylic acids is 2. The lowest BCUT2D eigenvalue weighted by molar-refractivity contribution is 0.0915. The first-order valence-corrected chi connectivity index (χ1v) is 12.8. The topological polar surface area (TPSA) is 108 Å². The van der Waals surface area contributed by atoms with Gasteiger partial charge in [0.15, 0.2) is 0 Å². The number of aryl methyl sites for hydroxylation is 1. The second kappa shape index (κ2) is 10.3. The summed E-state index contributed by atoms with van der Waals surface area (Å²) in [6.45, 7) is 1.90. The van der Waals surface area contributed by atoms with E-state index < -0.39 is 29.0 Å². The zero-order valence-electron chi connectivity index (χ0n) is 21.5. The monoisotopic (exact) mass is 528 g/mol. The SMILES string of the molecule is CCc1nc2oc(-c3ccc(F)cc3)c(C(=O)NC)c2cc1-c1ccc(F)c(C(=O)NC2(C#N)CCCC2)c1. The number of pyridine rings is 1. The Balaban J connectivity index is 1.64. The summed E-state index contributed by atoms with van der Waals surface area (Å²) >= 11 is 0. The first-order valence-electron chi connectivity index (χ1n) is 12.8. The zero-order valence-corrected chi connectivity index (χ0v) is 21.5. The van der Waals surface area contributed by atoms with Gasteiger partial charge in [-0.05, 0) is 80.1 Å². The number of carbonyl (C=O) groups is 2. The predicted molar refractivity (Wildman–Crippen MR) is 142 cm³/mol. The summed E-state index contributed by atoms with van der Waals surface area (Å²) < 4.78 is 34.4. The summed E-state index contributed by atoms with van der Waals surface area (Å²) in [5, 5.41) is 15.4. The fraction of sp³-hybridized carbons (Fsp3) is 0.267. The van der Waals surface area contributed by atoms with Crippen LogP contribution < -0.4 is 10.6 Å². The van der Waals surface area contributed by atoms with Gasteiger partial charge in [-0.25, -0.2) is 13.8 Å². The fourth-order valence-electron chi connectivity index (χ4n) is 5.13. The highest BCUT2D eigenvalue weighted by Crippen LogP contribution is 2.37. The molecular weight excluding hydrogens is 502 g/mol. The number of fused-ring (bicyclic) bond motifs is 1. The van der Waals surface area contributed by atoms with Crippen LogP contribution in [-0.4, -0.2) is 29.4 Å². The number of nitriles is 1. The minimum absolute atomic E-state index is 0.179. The molecule has 2 amide bonds. The van der Waals surface area contributed by atoms with Crippen LogP contribution >= 0.6 is 0 Å². The van der Waals surface area contributed by atoms with E-state index in [4.69, 9.17) is 4.42 Å². The molecule has 1 fully saturated rings. The van der Waals surface area contributed by atoms with Crippen molar-refractivity contribution in [2.75, 3.05) is 7.05 Å². The predicted octanol–water partition coefficient (Wildman–Crippen LogP) is 5.93. The maximum absolute atomic E-state index is 14.9. The average Bonchev–Trinajstić information content (AvgIpc) is 3.57. The lowest BCUT2D eigenvalue weighted by Gasteiger charge is -2.22. The summed E-state index contributed by atoms with van der Waals surface area (Å²) in [6, 6.07) is 13.7. The molecule has 1 saturated carbocycles. The number of hydrogen-bond donors (Lipinski definition) is 2. The summed E-state index contributed by atoms with van der Waals surface area (Å²) in [7, 11) is 1.49. The summed E-state index contributed by atoms with van der Waals surface area (Å²) in [6.07, 6.45) is 3.18. The Morgan fingerprint density at radius 3 is 2.38 bits per heavy atom. The number of furan rings is 1. The number of amides is 2. The van der Waals surface area contributed by atoms with Crippen molar-refractivity contribution in [1.82, 2.24) is 15.6 Å². The highest BCUT2D eigenvalue weighted by Gasteiger charge is 2.36. The van der Waals surface area contributed by atoms with Crippen molar-refractivity contribution in [3.63, 3.8) is 0 Å². The maximum Gasteiger partial charge on any atom is 0.255 e. The quantitative estimate of drug-likeness (QED) is 0.323. The smallest absolute Gasteiger partial charge is 0.255 e. The van der Waals surface area contributed by atoms with Crippen LogP contribution in [0.2, 0.25) is 0 Å². The lowest BCUT2D eigenvalue weighted by atomic mass is 9.96. The standard InChI is InChI=1S/C30H26F2N4O3/c1-3-24-20(18-8-11-23(32)21(14-18)27(37)36-30(16-33)12-4-5-13-30)15-22-25(28(38)34-2)26(39-29(22)35-24)17-6-9-19(31)10-7-17/h6-11,14-15H,3-5,12-13H2,1-2H3,(H,34,38)(H,36,37). The number of rotatable bonds is 6. The molecule has 0 spiro atoms. The zero-order chi connectivity index (χ0) is 27.7. The van der Waals surface area contributed by atoms with E-state index in [0.29, 0.717) is 47.0 Å². The minimum atomic E-state index is -0.996. The molecular formula is C30H26F2N4O3. The van der Waals surface area contributed by atoms with Gasteiger partial charge in [-0.2, -0.15) is 5.26 Å². The molecule has 0 aliphatic heterocycles. The van der Waals surface area contributed by atoms with Crippen LogP contribution in [0.3, 0.4) is 0 Å². The highest BCUT2D eigenvalue weighted by atomic mass is 19.1. The van der Waals surface area contributed by atoms with Gasteiger partial charge in [0.1, 0.15) is 22.9 Å². The van der Waals surface area contributed by atoms with Gasteiger partial charge in [0.2, 0.25) is 5.71 Å². The van der Waals surface area contributed by atoms with E-state index in [1.807, 2.05) is 6.92 Å². The third kappa shape index (κ3) is 4.74. The maximum atomic E-state index is 14.9. The Kier molecular flexibility index (Phi) is 6.87. The Hall–Kier alpha value is -4.58. The molecule has 2 aromatic carbocycles. The van der Waals surface area contributed by atoms with Crippen molar-refractivity contribution in [2.45, 2.75) is 44.6 Å². The van der Waals surface area contributed by atoms with Crippen LogP contribution in [0.1, 0.15) is 59.0 Å². The Morgan fingerprint density at radius 2 is 1.74 bits per heavy atom. The first-order chi connectivity index (χ1) is 18.8. The van der Waals surface area contributed by atoms with Crippen molar-refractivity contribution >= 4 is 22.9 Å². The van der Waals surface area contributed by atoms with Crippen LogP contribution in [0.15, 0.2) is 52.9 Å². The third-order valence-corrected chi connectivity index (χ3v) is 7.20. The number of halogens is 2. The van der Waals surface area contributed by atoms with E-state index in [1.54, 1.807) is 12.1 Å². The van der Waals surface area contributed by atoms with Crippen LogP contribution in [0.25, 0.3) is 33.6 Å². The number of hydrogen-bond acceptors (Lipinski definition) is 5. The second-order valence-corrected chi connectivity index (χ2v) is 9.63. The molecule has 7 nitrogen and oxygen atoms in total. The number of nitrogens with zero attached hydrogens (tertiary/aromatic N) is 2. The van der Waals surface area contributed by atoms with Crippen molar-refractivity contribution in [3.05, 3.63) is 77.0 Å². The molecule has 0 unspecified atom stereocenters. The van der Waals surface area contributed by atoms with E-state index in [1.165, 1.54) is 43.4 Å². The Bertz CT molecular complexity index is 1630. The molecule has 2 heterocycles. The van der Waals surface area contributed by atoms with Gasteiger partial charge in [-0.15, -0.1) is 0 Å². The van der Waals surface area contributed by atoms with E-state index in [9.17, 15) is 23.6 Å². The normalized spacial score (nSPS) is 14.2. The summed E-state index contributed by atoms with van der Waals surface area (Å²) in [5.41, 5.74) is 1.54. The molecule has 1 aliphatic rings. The van der Waals surface area contributed by atoms with Crippen molar-refractivity contribution < 1.29 is 22.8 Å². The fourth-order valence-corrected chi connectivity index (χ4v) is 5.13. The van der Waals surface area contributed by atoms with Crippen LogP contribution in [0.4, 0.5) is 8.78 Å². The molecule has 4 aromatic rings. The molecule has 0 bridgehead atoms. The molecule has 9 heteroatoms. The van der Waals surface area contributed by atoms with Crippen LogP contribution in [0.5, 0.6) is 0 Å². The number of nitrogens with one attached hydrogen (secondary N) is 2. The van der Waals surface area contributed by atoms with Gasteiger partial charge < -0.3 is 15.1 Å². The van der Waals surface area contributed by atoms with E-state index in [0.717, 1.165) is 12.8 Å². The van der Waals surface area contributed by atoms with E-state index >= 15 is 0 Å². The van der Waals surface area contributed by atoms with Gasteiger partial charge >= 0.3 is 0 Å². The largest absolute Gasteiger partial charge is 0.437 e. The van der Waals surface area contributed by atoms with Crippen LogP contribution in [-0.2, 0) is 6.42 Å². The molecule has 2 aromatic heterocycles. The van der Waals surface area contributed by atoms with Gasteiger partial charge in [-0.1, -0.05) is 13.0 Å². The third-order valence-electron chi connectivity index (χ3n) is 7.20. The highest BCUT2D eigenvalue weighted by molar-refractivity contribution is 6.11. The molecule has 39 heavy (non-hydrogen) atoms. The van der Waals surface area contributed by atoms with Gasteiger partial charge in [0, 0.05) is 18.2 Å². The van der Waals surface area contributed by atoms with Gasteiger partial charge in [0.05, 0.1) is 28.3 Å². The van der Waals surface area contributed by atoms with E-state index in [2.05, 4.69) is 21.7 Å². The van der Waals surface area contributed by atoms with Gasteiger partial charge in [-0.3, -0.25) is 9.59 Å². The summed E-state index contributed by atoms with van der Waals surface area (Å²) in [4.78, 5) is 30.7. The molecule has 0 atom stereocenters. The molecule has 198 valence electrons. The molecule has 0 saturated heterocycles. The van der Waals surface area contributed by atoms with Crippen molar-refractivity contribution in [2.24, 2.45) is 0 Å². The molecule has 0 radical (unpaired) electrons.